The van der Waals surface area contributed by atoms with E-state index in [4.69, 9.17) is 4.74 Å². The van der Waals surface area contributed by atoms with Crippen molar-refractivity contribution in [1.82, 2.24) is 0 Å². The van der Waals surface area contributed by atoms with Crippen LogP contribution in [0.5, 0.6) is 0 Å². The maximum Gasteiger partial charge on any atom is 0.331 e. The lowest BCUT2D eigenvalue weighted by Crippen LogP contribution is -2.66. The molecule has 0 heterocycles. The van der Waals surface area contributed by atoms with E-state index in [0.717, 1.165) is 32.1 Å². The second-order valence-electron chi connectivity index (χ2n) is 15.2. The minimum atomic E-state index is -0.531. The van der Waals surface area contributed by atoms with Gasteiger partial charge in [-0.2, -0.15) is 0 Å². The molecule has 0 amide bonds. The lowest BCUT2D eigenvalue weighted by atomic mass is 9.32. The van der Waals surface area contributed by atoms with Gasteiger partial charge in [0.15, 0.2) is 0 Å². The number of carbonyl (C=O) groups excluding carboxylic acids is 1. The van der Waals surface area contributed by atoms with Crippen molar-refractivity contribution in [2.24, 2.45) is 56.7 Å². The van der Waals surface area contributed by atoms with E-state index in [1.54, 1.807) is 0 Å². The Labute approximate surface area is 219 Å². The molecule has 4 heteroatoms. The van der Waals surface area contributed by atoms with Gasteiger partial charge in [-0.25, -0.2) is 4.79 Å². The highest BCUT2D eigenvalue weighted by molar-refractivity contribution is 5.70. The summed E-state index contributed by atoms with van der Waals surface area (Å²) in [5, 5.41) is 20.3. The minimum absolute atomic E-state index is 0.0130. The van der Waals surface area contributed by atoms with Gasteiger partial charge in [0.05, 0.1) is 12.7 Å². The quantitative estimate of drug-likeness (QED) is 0.340. The van der Waals surface area contributed by atoms with Crippen LogP contribution in [0.15, 0.2) is 12.2 Å². The van der Waals surface area contributed by atoms with Crippen molar-refractivity contribution in [1.29, 1.82) is 0 Å². The Morgan fingerprint density at radius 1 is 0.889 bits per heavy atom. The van der Waals surface area contributed by atoms with Crippen molar-refractivity contribution < 1.29 is 19.7 Å². The summed E-state index contributed by atoms with van der Waals surface area (Å²) in [6, 6.07) is 0. The molecule has 204 valence electrons. The van der Waals surface area contributed by atoms with E-state index in [1.165, 1.54) is 37.7 Å². The Balaban J connectivity index is 1.51. The SMILES string of the molecule is C=C(C)[C@@H]1CCC2(COC(=O)CO)CC[C@]3(C)C(CCC4[C@@]5(C)CC[C@H](O)C(C)(C)C5CC[C@]43C)C12. The van der Waals surface area contributed by atoms with Crippen molar-refractivity contribution in [3.63, 3.8) is 0 Å². The predicted molar refractivity (Wildman–Crippen MR) is 143 cm³/mol. The maximum absolute atomic E-state index is 12.0. The van der Waals surface area contributed by atoms with Gasteiger partial charge < -0.3 is 14.9 Å². The molecule has 0 aliphatic heterocycles. The Morgan fingerprint density at radius 3 is 2.28 bits per heavy atom. The third kappa shape index (κ3) is 3.41. The van der Waals surface area contributed by atoms with Gasteiger partial charge in [0.2, 0.25) is 0 Å². The van der Waals surface area contributed by atoms with Crippen molar-refractivity contribution >= 4 is 5.97 Å². The van der Waals surface area contributed by atoms with Crippen LogP contribution >= 0.6 is 0 Å². The molecule has 0 spiro atoms. The molecule has 4 nitrogen and oxygen atoms in total. The summed E-state index contributed by atoms with van der Waals surface area (Å²) in [5.74, 6) is 2.42. The molecular weight excluding hydrogens is 448 g/mol. The predicted octanol–water partition coefficient (Wildman–Crippen LogP) is 6.54. The summed E-state index contributed by atoms with van der Waals surface area (Å²) in [4.78, 5) is 12.0. The number of hydrogen-bond donors (Lipinski definition) is 2. The largest absolute Gasteiger partial charge is 0.463 e. The first-order valence-corrected chi connectivity index (χ1v) is 14.9. The number of aliphatic hydroxyl groups excluding tert-OH is 2. The molecule has 0 radical (unpaired) electrons. The first kappa shape index (κ1) is 26.7. The molecule has 5 aliphatic rings. The van der Waals surface area contributed by atoms with Crippen LogP contribution in [0.25, 0.3) is 0 Å². The lowest BCUT2D eigenvalue weighted by Gasteiger charge is -2.73. The van der Waals surface area contributed by atoms with Crippen molar-refractivity contribution in [2.75, 3.05) is 13.2 Å². The Morgan fingerprint density at radius 2 is 1.61 bits per heavy atom. The van der Waals surface area contributed by atoms with Crippen LogP contribution in [0, 0.1) is 56.7 Å². The first-order valence-electron chi connectivity index (χ1n) is 14.9. The van der Waals surface area contributed by atoms with Gasteiger partial charge in [0, 0.05) is 5.41 Å². The van der Waals surface area contributed by atoms with Crippen molar-refractivity contribution in [2.45, 2.75) is 112 Å². The lowest BCUT2D eigenvalue weighted by molar-refractivity contribution is -0.250. The van der Waals surface area contributed by atoms with Crippen LogP contribution < -0.4 is 0 Å². The highest BCUT2D eigenvalue weighted by Gasteiger charge is 2.70. The fourth-order valence-electron chi connectivity index (χ4n) is 11.8. The second kappa shape index (κ2) is 8.57. The number of fused-ring (bicyclic) bond motifs is 7. The summed E-state index contributed by atoms with van der Waals surface area (Å²) in [5.41, 5.74) is 2.15. The second-order valence-corrected chi connectivity index (χ2v) is 15.2. The van der Waals surface area contributed by atoms with E-state index in [1.807, 2.05) is 0 Å². The fraction of sp³-hybridized carbons (Fsp3) is 0.906. The molecule has 0 aromatic rings. The molecule has 5 unspecified atom stereocenters. The van der Waals surface area contributed by atoms with Crippen LogP contribution in [0.2, 0.25) is 0 Å². The van der Waals surface area contributed by atoms with Crippen LogP contribution in [0.3, 0.4) is 0 Å². The highest BCUT2D eigenvalue weighted by atomic mass is 16.5. The van der Waals surface area contributed by atoms with Gasteiger partial charge >= 0.3 is 5.97 Å². The number of rotatable bonds is 4. The Kier molecular flexibility index (Phi) is 6.36. The highest BCUT2D eigenvalue weighted by Crippen LogP contribution is 2.77. The average Bonchev–Trinajstić information content (AvgIpc) is 3.21. The zero-order valence-corrected chi connectivity index (χ0v) is 23.9. The van der Waals surface area contributed by atoms with Crippen LogP contribution in [0.4, 0.5) is 0 Å². The number of ether oxygens (including phenoxy) is 1. The Hall–Kier alpha value is -0.870. The molecule has 5 aliphatic carbocycles. The van der Waals surface area contributed by atoms with E-state index in [9.17, 15) is 15.0 Å². The standard InChI is InChI=1S/C32H52O4/c1-20(2)21-10-15-32(19-36-26(35)18-33)17-16-30(6)22(27(21)32)8-9-24-29(5)13-12-25(34)28(3,4)23(29)11-14-31(24,30)7/h21-25,27,33-34H,1,8-19H2,2-7H3/t21-,22?,23?,24?,25-,27?,29-,30+,31+,32?/m0/s1. The molecule has 0 aromatic heterocycles. The fourth-order valence-corrected chi connectivity index (χ4v) is 11.8. The zero-order valence-electron chi connectivity index (χ0n) is 23.9. The molecule has 5 rings (SSSR count). The van der Waals surface area contributed by atoms with Gasteiger partial charge in [-0.1, -0.05) is 46.8 Å². The summed E-state index contributed by atoms with van der Waals surface area (Å²) in [7, 11) is 0. The van der Waals surface area contributed by atoms with Gasteiger partial charge in [-0.15, -0.1) is 0 Å². The topological polar surface area (TPSA) is 66.8 Å². The van der Waals surface area contributed by atoms with E-state index in [0.29, 0.717) is 41.6 Å². The van der Waals surface area contributed by atoms with E-state index < -0.39 is 12.6 Å². The molecular formula is C32H52O4. The van der Waals surface area contributed by atoms with Crippen LogP contribution in [-0.2, 0) is 9.53 Å². The number of hydrogen-bond acceptors (Lipinski definition) is 4. The molecule has 5 saturated carbocycles. The van der Waals surface area contributed by atoms with Crippen LogP contribution in [0.1, 0.15) is 106 Å². The van der Waals surface area contributed by atoms with E-state index in [2.05, 4.69) is 48.1 Å². The first-order chi connectivity index (χ1) is 16.8. The van der Waals surface area contributed by atoms with Gasteiger partial charge in [-0.05, 0) is 122 Å². The molecule has 0 aromatic carbocycles. The van der Waals surface area contributed by atoms with Gasteiger partial charge in [0.1, 0.15) is 6.61 Å². The normalized spacial score (nSPS) is 51.3. The Bertz CT molecular complexity index is 910. The molecule has 0 bridgehead atoms. The third-order valence-electron chi connectivity index (χ3n) is 13.9. The summed E-state index contributed by atoms with van der Waals surface area (Å²) >= 11 is 0. The monoisotopic (exact) mass is 500 g/mol. The summed E-state index contributed by atoms with van der Waals surface area (Å²) in [6.07, 6.45) is 11.5. The van der Waals surface area contributed by atoms with Crippen LogP contribution in [-0.4, -0.2) is 35.5 Å². The van der Waals surface area contributed by atoms with Crippen molar-refractivity contribution in [3.05, 3.63) is 12.2 Å². The maximum atomic E-state index is 12.0. The van der Waals surface area contributed by atoms with Gasteiger partial charge in [-0.3, -0.25) is 0 Å². The van der Waals surface area contributed by atoms with Gasteiger partial charge in [0.25, 0.3) is 0 Å². The van der Waals surface area contributed by atoms with E-state index in [-0.39, 0.29) is 27.8 Å². The minimum Gasteiger partial charge on any atom is -0.463 e. The van der Waals surface area contributed by atoms with E-state index >= 15 is 0 Å². The number of esters is 1. The summed E-state index contributed by atoms with van der Waals surface area (Å²) < 4.78 is 5.69. The molecule has 36 heavy (non-hydrogen) atoms. The molecule has 10 atom stereocenters. The summed E-state index contributed by atoms with van der Waals surface area (Å²) in [6.45, 7) is 19.1. The number of aliphatic hydroxyl groups is 2. The number of allylic oxidation sites excluding steroid dienone is 1. The van der Waals surface area contributed by atoms with Crippen molar-refractivity contribution in [3.8, 4) is 0 Å². The zero-order chi connectivity index (χ0) is 26.3. The third-order valence-corrected chi connectivity index (χ3v) is 13.9. The smallest absolute Gasteiger partial charge is 0.331 e. The number of carbonyl (C=O) groups is 1. The molecule has 5 fully saturated rings. The molecule has 2 N–H and O–H groups in total. The molecule has 0 saturated heterocycles. The average molecular weight is 501 g/mol.